The number of hydrogen-bond donors (Lipinski definition) is 1. The topological polar surface area (TPSA) is 59.4 Å². The third-order valence-electron chi connectivity index (χ3n) is 2.97. The van der Waals surface area contributed by atoms with Crippen LogP contribution in [-0.4, -0.2) is 22.7 Å². The monoisotopic (exact) mass is 305 g/mol. The summed E-state index contributed by atoms with van der Waals surface area (Å²) in [6.45, 7) is 3.52. The Bertz CT molecular complexity index is 595. The van der Waals surface area contributed by atoms with Crippen LogP contribution in [-0.2, 0) is 22.6 Å². The smallest absolute Gasteiger partial charge is 0.309 e. The Morgan fingerprint density at radius 3 is 3.05 bits per heavy atom. The van der Waals surface area contributed by atoms with E-state index in [9.17, 15) is 4.79 Å². The molecule has 0 atom stereocenters. The second kappa shape index (κ2) is 7.90. The first kappa shape index (κ1) is 15.7. The van der Waals surface area contributed by atoms with Crippen LogP contribution in [0.4, 0.5) is 0 Å². The molecule has 1 heterocycles. The van der Waals surface area contributed by atoms with Gasteiger partial charge >= 0.3 is 5.97 Å². The second-order valence-electron chi connectivity index (χ2n) is 4.82. The lowest BCUT2D eigenvalue weighted by atomic mass is 10.1. The van der Waals surface area contributed by atoms with Crippen LogP contribution in [0.15, 0.2) is 29.6 Å². The average molecular weight is 305 g/mol. The number of nitrogens with zero attached hydrogens (tertiary/aromatic N) is 1. The van der Waals surface area contributed by atoms with Crippen LogP contribution in [0.25, 0.3) is 10.6 Å². The normalized spacial score (nSPS) is 10.7. The number of benzene rings is 1. The number of thiazole rings is 1. The summed E-state index contributed by atoms with van der Waals surface area (Å²) in [5.41, 5.74) is 2.72. The van der Waals surface area contributed by atoms with E-state index < -0.39 is 5.97 Å². The molecule has 0 radical (unpaired) electrons. The zero-order valence-electron chi connectivity index (χ0n) is 12.0. The van der Waals surface area contributed by atoms with E-state index in [1.165, 1.54) is 11.3 Å². The van der Waals surface area contributed by atoms with Gasteiger partial charge in [0, 0.05) is 17.6 Å². The molecule has 1 N–H and O–H groups in total. The van der Waals surface area contributed by atoms with Crippen LogP contribution < -0.4 is 0 Å². The molecule has 0 unspecified atom stereocenters. The number of carbonyl (C=O) groups is 1. The van der Waals surface area contributed by atoms with Crippen molar-refractivity contribution < 1.29 is 14.6 Å². The quantitative estimate of drug-likeness (QED) is 0.754. The van der Waals surface area contributed by atoms with Gasteiger partial charge in [-0.1, -0.05) is 31.5 Å². The molecule has 0 amide bonds. The lowest BCUT2D eigenvalue weighted by Crippen LogP contribution is -1.99. The molecular weight excluding hydrogens is 286 g/mol. The first-order valence-electron chi connectivity index (χ1n) is 7.02. The Labute approximate surface area is 128 Å². The van der Waals surface area contributed by atoms with Gasteiger partial charge < -0.3 is 9.84 Å². The van der Waals surface area contributed by atoms with E-state index in [-0.39, 0.29) is 6.42 Å². The van der Waals surface area contributed by atoms with Crippen molar-refractivity contribution in [3.05, 3.63) is 40.9 Å². The van der Waals surface area contributed by atoms with Crippen molar-refractivity contribution in [2.75, 3.05) is 6.61 Å². The number of unbranched alkanes of at least 4 members (excludes halogenated alkanes) is 1. The molecule has 0 saturated carbocycles. The third kappa shape index (κ3) is 4.95. The van der Waals surface area contributed by atoms with E-state index in [4.69, 9.17) is 9.84 Å². The summed E-state index contributed by atoms with van der Waals surface area (Å²) in [5, 5.41) is 11.4. The molecule has 0 aliphatic rings. The number of aliphatic carboxylic acids is 1. The third-order valence-corrected chi connectivity index (χ3v) is 3.91. The molecule has 112 valence electrons. The Hall–Kier alpha value is -1.72. The summed E-state index contributed by atoms with van der Waals surface area (Å²) in [6.07, 6.45) is 2.17. The summed E-state index contributed by atoms with van der Waals surface area (Å²) in [4.78, 5) is 15.1. The maximum Gasteiger partial charge on any atom is 0.309 e. The van der Waals surface area contributed by atoms with Crippen LogP contribution in [0.1, 0.15) is 31.0 Å². The van der Waals surface area contributed by atoms with Crippen molar-refractivity contribution in [3.8, 4) is 10.6 Å². The highest BCUT2D eigenvalue weighted by Crippen LogP contribution is 2.25. The predicted molar refractivity (Wildman–Crippen MR) is 83.5 cm³/mol. The van der Waals surface area contributed by atoms with Crippen molar-refractivity contribution in [1.82, 2.24) is 4.98 Å². The summed E-state index contributed by atoms with van der Waals surface area (Å²) >= 11 is 1.47. The van der Waals surface area contributed by atoms with Gasteiger partial charge in [-0.15, -0.1) is 11.3 Å². The molecule has 1 aromatic heterocycles. The van der Waals surface area contributed by atoms with E-state index in [2.05, 4.69) is 18.0 Å². The van der Waals surface area contributed by atoms with Crippen LogP contribution in [0.2, 0.25) is 0 Å². The van der Waals surface area contributed by atoms with Crippen molar-refractivity contribution in [1.29, 1.82) is 0 Å². The highest BCUT2D eigenvalue weighted by Gasteiger charge is 2.08. The van der Waals surface area contributed by atoms with Crippen molar-refractivity contribution >= 4 is 17.3 Å². The van der Waals surface area contributed by atoms with Crippen LogP contribution >= 0.6 is 11.3 Å². The average Bonchev–Trinajstić information content (AvgIpc) is 2.92. The maximum atomic E-state index is 10.7. The van der Waals surface area contributed by atoms with Gasteiger partial charge in [-0.3, -0.25) is 4.79 Å². The van der Waals surface area contributed by atoms with Gasteiger partial charge in [0.1, 0.15) is 5.01 Å². The van der Waals surface area contributed by atoms with E-state index in [1.54, 1.807) is 5.38 Å². The Balaban J connectivity index is 2.02. The largest absolute Gasteiger partial charge is 0.481 e. The summed E-state index contributed by atoms with van der Waals surface area (Å²) < 4.78 is 5.61. The minimum Gasteiger partial charge on any atom is -0.481 e. The molecule has 0 spiro atoms. The standard InChI is InChI=1S/C16H19NO3S/c1-2-3-7-20-10-12-5-4-6-13(8-12)16-17-14(11-21-16)9-15(18)19/h4-6,8,11H,2-3,7,9-10H2,1H3,(H,18,19). The molecule has 0 fully saturated rings. The number of ether oxygens (including phenoxy) is 1. The number of hydrogen-bond acceptors (Lipinski definition) is 4. The highest BCUT2D eigenvalue weighted by atomic mass is 32.1. The maximum absolute atomic E-state index is 10.7. The lowest BCUT2D eigenvalue weighted by molar-refractivity contribution is -0.136. The number of carboxylic acids is 1. The van der Waals surface area contributed by atoms with Crippen molar-refractivity contribution in [2.45, 2.75) is 32.8 Å². The van der Waals surface area contributed by atoms with Crippen molar-refractivity contribution in [3.63, 3.8) is 0 Å². The molecule has 0 saturated heterocycles. The van der Waals surface area contributed by atoms with Gasteiger partial charge in [0.25, 0.3) is 0 Å². The van der Waals surface area contributed by atoms with Gasteiger partial charge in [0.15, 0.2) is 0 Å². The Morgan fingerprint density at radius 2 is 2.29 bits per heavy atom. The fourth-order valence-corrected chi connectivity index (χ4v) is 2.72. The number of carboxylic acid groups (broad SMARTS) is 1. The van der Waals surface area contributed by atoms with Crippen LogP contribution in [0, 0.1) is 0 Å². The van der Waals surface area contributed by atoms with Gasteiger partial charge in [-0.25, -0.2) is 4.98 Å². The van der Waals surface area contributed by atoms with E-state index in [1.807, 2.05) is 18.2 Å². The van der Waals surface area contributed by atoms with Gasteiger partial charge in [-0.05, 0) is 18.1 Å². The van der Waals surface area contributed by atoms with Crippen LogP contribution in [0.5, 0.6) is 0 Å². The predicted octanol–water partition coefficient (Wildman–Crippen LogP) is 3.75. The minimum absolute atomic E-state index is 0.0314. The molecular formula is C16H19NO3S. The molecule has 5 heteroatoms. The molecule has 21 heavy (non-hydrogen) atoms. The number of aromatic nitrogens is 1. The fraction of sp³-hybridized carbons (Fsp3) is 0.375. The van der Waals surface area contributed by atoms with Gasteiger partial charge in [0.05, 0.1) is 18.7 Å². The zero-order chi connectivity index (χ0) is 15.1. The van der Waals surface area contributed by atoms with E-state index in [0.29, 0.717) is 12.3 Å². The van der Waals surface area contributed by atoms with Crippen LogP contribution in [0.3, 0.4) is 0 Å². The molecule has 0 aliphatic carbocycles. The summed E-state index contributed by atoms with van der Waals surface area (Å²) in [6, 6.07) is 8.04. The zero-order valence-corrected chi connectivity index (χ0v) is 12.9. The number of rotatable bonds is 8. The van der Waals surface area contributed by atoms with Gasteiger partial charge in [0.2, 0.25) is 0 Å². The summed E-state index contributed by atoms with van der Waals surface area (Å²) in [5.74, 6) is -0.857. The van der Waals surface area contributed by atoms with Crippen molar-refractivity contribution in [2.24, 2.45) is 0 Å². The second-order valence-corrected chi connectivity index (χ2v) is 5.68. The molecule has 0 aliphatic heterocycles. The first-order valence-corrected chi connectivity index (χ1v) is 7.90. The van der Waals surface area contributed by atoms with E-state index in [0.717, 1.165) is 35.6 Å². The molecule has 2 rings (SSSR count). The first-order chi connectivity index (χ1) is 10.2. The molecule has 2 aromatic rings. The molecule has 4 nitrogen and oxygen atoms in total. The molecule has 1 aromatic carbocycles. The lowest BCUT2D eigenvalue weighted by Gasteiger charge is -2.05. The van der Waals surface area contributed by atoms with E-state index >= 15 is 0 Å². The Kier molecular flexibility index (Phi) is 5.90. The highest BCUT2D eigenvalue weighted by molar-refractivity contribution is 7.13. The summed E-state index contributed by atoms with van der Waals surface area (Å²) in [7, 11) is 0. The Morgan fingerprint density at radius 1 is 1.43 bits per heavy atom. The van der Waals surface area contributed by atoms with Gasteiger partial charge in [-0.2, -0.15) is 0 Å². The SMILES string of the molecule is CCCCOCc1cccc(-c2nc(CC(=O)O)cs2)c1. The minimum atomic E-state index is -0.857. The fourth-order valence-electron chi connectivity index (χ4n) is 1.91. The molecule has 0 bridgehead atoms.